The maximum Gasteiger partial charge on any atom is 0.336 e. The Morgan fingerprint density at radius 2 is 1.74 bits per heavy atom. The van der Waals surface area contributed by atoms with Crippen molar-refractivity contribution in [2.24, 2.45) is 5.41 Å². The summed E-state index contributed by atoms with van der Waals surface area (Å²) < 4.78 is 9.74. The highest BCUT2D eigenvalue weighted by molar-refractivity contribution is 5.87. The van der Waals surface area contributed by atoms with E-state index >= 15 is 0 Å². The molecule has 0 N–H and O–H groups in total. The van der Waals surface area contributed by atoms with Crippen LogP contribution in [0, 0.1) is 5.41 Å². The second-order valence-corrected chi connectivity index (χ2v) is 5.61. The van der Waals surface area contributed by atoms with Gasteiger partial charge in [-0.15, -0.1) is 0 Å². The molecule has 0 bridgehead atoms. The molecule has 19 heavy (non-hydrogen) atoms. The Hall–Kier alpha value is -1.32. The van der Waals surface area contributed by atoms with E-state index < -0.39 is 11.4 Å². The average Bonchev–Trinajstić information content (AvgIpc) is 2.32. The van der Waals surface area contributed by atoms with Gasteiger partial charge in [0, 0.05) is 5.57 Å². The van der Waals surface area contributed by atoms with Crippen molar-refractivity contribution < 1.29 is 19.1 Å². The first kappa shape index (κ1) is 17.7. The van der Waals surface area contributed by atoms with E-state index in [2.05, 4.69) is 6.92 Å². The second-order valence-electron chi connectivity index (χ2n) is 5.61. The van der Waals surface area contributed by atoms with Crippen LogP contribution < -0.4 is 0 Å². The van der Waals surface area contributed by atoms with Crippen molar-refractivity contribution in [1.82, 2.24) is 0 Å². The van der Waals surface area contributed by atoms with Crippen LogP contribution in [0.25, 0.3) is 0 Å². The highest BCUT2D eigenvalue weighted by Crippen LogP contribution is 2.15. The van der Waals surface area contributed by atoms with E-state index in [1.54, 1.807) is 27.7 Å². The molecule has 0 unspecified atom stereocenters. The third-order valence-electron chi connectivity index (χ3n) is 2.57. The fraction of sp³-hybridized carbons (Fsp3) is 0.733. The van der Waals surface area contributed by atoms with Gasteiger partial charge in [0.25, 0.3) is 0 Å². The minimum atomic E-state index is -0.586. The lowest BCUT2D eigenvalue weighted by Gasteiger charge is -2.16. The predicted molar refractivity (Wildman–Crippen MR) is 74.4 cm³/mol. The third-order valence-corrected chi connectivity index (χ3v) is 2.57. The van der Waals surface area contributed by atoms with Gasteiger partial charge in [-0.1, -0.05) is 25.8 Å². The first-order valence-corrected chi connectivity index (χ1v) is 6.80. The van der Waals surface area contributed by atoms with E-state index in [0.717, 1.165) is 25.7 Å². The fourth-order valence-electron chi connectivity index (χ4n) is 1.26. The Balaban J connectivity index is 3.94. The standard InChI is InChI=1S/C15H26O4/c1-6-7-8-9-10-12(2)13(16)18-11-19-14(17)15(3,4)5/h10H,6-9,11H2,1-5H3. The van der Waals surface area contributed by atoms with E-state index in [-0.39, 0.29) is 12.8 Å². The molecule has 0 saturated carbocycles. The highest BCUT2D eigenvalue weighted by Gasteiger charge is 2.23. The van der Waals surface area contributed by atoms with E-state index in [1.165, 1.54) is 0 Å². The van der Waals surface area contributed by atoms with Crippen molar-refractivity contribution in [3.63, 3.8) is 0 Å². The number of carbonyl (C=O) groups excluding carboxylic acids is 2. The van der Waals surface area contributed by atoms with Gasteiger partial charge in [-0.25, -0.2) is 4.79 Å². The highest BCUT2D eigenvalue weighted by atomic mass is 16.7. The summed E-state index contributed by atoms with van der Waals surface area (Å²) >= 11 is 0. The molecule has 4 heteroatoms. The summed E-state index contributed by atoms with van der Waals surface area (Å²) in [4.78, 5) is 23.0. The molecule has 0 rings (SSSR count). The molecule has 0 aliphatic carbocycles. The van der Waals surface area contributed by atoms with Crippen molar-refractivity contribution in [2.75, 3.05) is 6.79 Å². The molecular weight excluding hydrogens is 244 g/mol. The second kappa shape index (κ2) is 8.73. The molecule has 0 aromatic rings. The molecule has 4 nitrogen and oxygen atoms in total. The Labute approximate surface area is 116 Å². The van der Waals surface area contributed by atoms with Crippen LogP contribution in [0.15, 0.2) is 11.6 Å². The number of hydrogen-bond donors (Lipinski definition) is 0. The molecule has 0 aliphatic rings. The molecule has 0 radical (unpaired) electrons. The molecule has 110 valence electrons. The van der Waals surface area contributed by atoms with Gasteiger partial charge in [-0.05, 0) is 40.5 Å². The Morgan fingerprint density at radius 1 is 1.11 bits per heavy atom. The smallest absolute Gasteiger partial charge is 0.336 e. The summed E-state index contributed by atoms with van der Waals surface area (Å²) in [6, 6.07) is 0. The molecule has 0 saturated heterocycles. The van der Waals surface area contributed by atoms with Crippen molar-refractivity contribution in [3.8, 4) is 0 Å². The first-order chi connectivity index (χ1) is 8.79. The zero-order valence-electron chi connectivity index (χ0n) is 12.7. The quantitative estimate of drug-likeness (QED) is 0.307. The van der Waals surface area contributed by atoms with Crippen LogP contribution in [0.5, 0.6) is 0 Å². The van der Waals surface area contributed by atoms with Gasteiger partial charge in [0.05, 0.1) is 5.41 Å². The van der Waals surface area contributed by atoms with Gasteiger partial charge in [-0.3, -0.25) is 4.79 Å². The minimum Gasteiger partial charge on any atom is -0.427 e. The van der Waals surface area contributed by atoms with E-state index in [1.807, 2.05) is 6.08 Å². The fourth-order valence-corrected chi connectivity index (χ4v) is 1.26. The number of unbranched alkanes of at least 4 members (excludes halogenated alkanes) is 3. The van der Waals surface area contributed by atoms with Gasteiger partial charge in [-0.2, -0.15) is 0 Å². The molecule has 0 fully saturated rings. The van der Waals surface area contributed by atoms with Gasteiger partial charge < -0.3 is 9.47 Å². The zero-order chi connectivity index (χ0) is 14.9. The summed E-state index contributed by atoms with van der Waals surface area (Å²) in [6.45, 7) is 8.76. The summed E-state index contributed by atoms with van der Waals surface area (Å²) in [5, 5.41) is 0. The van der Waals surface area contributed by atoms with Gasteiger partial charge in [0.15, 0.2) is 0 Å². The average molecular weight is 270 g/mol. The monoisotopic (exact) mass is 270 g/mol. The minimum absolute atomic E-state index is 0.324. The summed E-state index contributed by atoms with van der Waals surface area (Å²) in [7, 11) is 0. The first-order valence-electron chi connectivity index (χ1n) is 6.80. The number of carbonyl (C=O) groups is 2. The van der Waals surface area contributed by atoms with Crippen LogP contribution in [0.2, 0.25) is 0 Å². The molecule has 0 amide bonds. The lowest BCUT2D eigenvalue weighted by Crippen LogP contribution is -2.24. The van der Waals surface area contributed by atoms with Crippen molar-refractivity contribution >= 4 is 11.9 Å². The molecule has 0 spiro atoms. The van der Waals surface area contributed by atoms with Gasteiger partial charge in [0.2, 0.25) is 6.79 Å². The normalized spacial score (nSPS) is 12.2. The number of esters is 2. The van der Waals surface area contributed by atoms with Crippen LogP contribution in [0.1, 0.15) is 60.3 Å². The summed E-state index contributed by atoms with van der Waals surface area (Å²) in [6.07, 6.45) is 6.11. The Kier molecular flexibility index (Phi) is 8.12. The van der Waals surface area contributed by atoms with E-state index in [9.17, 15) is 9.59 Å². The number of allylic oxidation sites excluding steroid dienone is 1. The third kappa shape index (κ3) is 8.41. The van der Waals surface area contributed by atoms with Gasteiger partial charge >= 0.3 is 11.9 Å². The molecular formula is C15H26O4. The van der Waals surface area contributed by atoms with Crippen LogP contribution >= 0.6 is 0 Å². The van der Waals surface area contributed by atoms with Gasteiger partial charge in [0.1, 0.15) is 0 Å². The summed E-state index contributed by atoms with van der Waals surface area (Å²) in [5.41, 5.74) is -0.0276. The zero-order valence-corrected chi connectivity index (χ0v) is 12.7. The van der Waals surface area contributed by atoms with Crippen LogP contribution in [0.3, 0.4) is 0 Å². The van der Waals surface area contributed by atoms with Crippen LogP contribution in [-0.4, -0.2) is 18.7 Å². The van der Waals surface area contributed by atoms with E-state index in [4.69, 9.17) is 9.47 Å². The predicted octanol–water partition coefficient (Wildman–Crippen LogP) is 3.60. The van der Waals surface area contributed by atoms with Crippen LogP contribution in [-0.2, 0) is 19.1 Å². The number of hydrogen-bond acceptors (Lipinski definition) is 4. The molecule has 0 aromatic heterocycles. The van der Waals surface area contributed by atoms with Crippen molar-refractivity contribution in [3.05, 3.63) is 11.6 Å². The summed E-state index contributed by atoms with van der Waals surface area (Å²) in [5.74, 6) is -0.817. The molecule has 0 aromatic carbocycles. The van der Waals surface area contributed by atoms with Crippen LogP contribution in [0.4, 0.5) is 0 Å². The topological polar surface area (TPSA) is 52.6 Å². The molecule has 0 atom stereocenters. The lowest BCUT2D eigenvalue weighted by molar-refractivity contribution is -0.171. The van der Waals surface area contributed by atoms with E-state index in [0.29, 0.717) is 5.57 Å². The van der Waals surface area contributed by atoms with Crippen molar-refractivity contribution in [2.45, 2.75) is 60.3 Å². The molecule has 0 aliphatic heterocycles. The molecule has 0 heterocycles. The maximum atomic E-state index is 11.6. The SMILES string of the molecule is CCCCCC=C(C)C(=O)OCOC(=O)C(C)(C)C. The number of ether oxygens (including phenoxy) is 2. The Bertz CT molecular complexity index is 324. The largest absolute Gasteiger partial charge is 0.427 e. The lowest BCUT2D eigenvalue weighted by atomic mass is 9.98. The Morgan fingerprint density at radius 3 is 2.26 bits per heavy atom. The van der Waals surface area contributed by atoms with Crippen molar-refractivity contribution in [1.29, 1.82) is 0 Å². The number of rotatable bonds is 7. The maximum absolute atomic E-state index is 11.6.